The summed E-state index contributed by atoms with van der Waals surface area (Å²) < 4.78 is 5.54. The molecule has 0 atom stereocenters. The van der Waals surface area contributed by atoms with Crippen molar-refractivity contribution >= 4 is 34.5 Å². The van der Waals surface area contributed by atoms with Crippen molar-refractivity contribution in [2.45, 2.75) is 13.3 Å². The van der Waals surface area contributed by atoms with E-state index in [-0.39, 0.29) is 18.4 Å². The van der Waals surface area contributed by atoms with Gasteiger partial charge in [0.05, 0.1) is 18.5 Å². The lowest BCUT2D eigenvalue weighted by atomic mass is 10.1. The summed E-state index contributed by atoms with van der Waals surface area (Å²) in [4.78, 5) is 26.5. The predicted octanol–water partition coefficient (Wildman–Crippen LogP) is 3.74. The fourth-order valence-electron chi connectivity index (χ4n) is 3.36. The molecule has 0 fully saturated rings. The second kappa shape index (κ2) is 8.14. The van der Waals surface area contributed by atoms with Gasteiger partial charge in [-0.05, 0) is 53.8 Å². The van der Waals surface area contributed by atoms with E-state index in [0.717, 1.165) is 34.2 Å². The summed E-state index contributed by atoms with van der Waals surface area (Å²) >= 11 is 0. The number of rotatable bonds is 7. The van der Waals surface area contributed by atoms with E-state index in [1.54, 1.807) is 12.3 Å². The number of nitrogens with one attached hydrogen (secondary N) is 1. The van der Waals surface area contributed by atoms with Crippen LogP contribution in [0.25, 0.3) is 10.8 Å². The summed E-state index contributed by atoms with van der Waals surface area (Å²) in [7, 11) is 0. The molecule has 146 valence electrons. The van der Waals surface area contributed by atoms with Gasteiger partial charge in [-0.15, -0.1) is 0 Å². The fraction of sp³-hybridized carbons (Fsp3) is 0.174. The minimum absolute atomic E-state index is 0.0895. The number of nitrogens with zero attached hydrogens (tertiary/aromatic N) is 2. The van der Waals surface area contributed by atoms with Crippen LogP contribution in [0.2, 0.25) is 0 Å². The number of amides is 2. The van der Waals surface area contributed by atoms with Crippen LogP contribution in [0.3, 0.4) is 0 Å². The Morgan fingerprint density at radius 3 is 2.62 bits per heavy atom. The highest BCUT2D eigenvalue weighted by Gasteiger charge is 2.30. The van der Waals surface area contributed by atoms with E-state index in [1.807, 2.05) is 54.6 Å². The van der Waals surface area contributed by atoms with Gasteiger partial charge in [0, 0.05) is 10.9 Å². The molecule has 29 heavy (non-hydrogen) atoms. The summed E-state index contributed by atoms with van der Waals surface area (Å²) in [5.41, 5.74) is 4.71. The number of carbonyl (C=O) groups is 2. The summed E-state index contributed by atoms with van der Waals surface area (Å²) in [6.07, 6.45) is 2.51. The molecule has 1 aliphatic rings. The molecule has 6 nitrogen and oxygen atoms in total. The topological polar surface area (TPSA) is 71.0 Å². The van der Waals surface area contributed by atoms with Crippen LogP contribution in [0.15, 0.2) is 65.8 Å². The molecule has 0 saturated heterocycles. The number of hydrogen-bond acceptors (Lipinski definition) is 4. The lowest BCUT2D eigenvalue weighted by molar-refractivity contribution is -0.119. The first-order valence-electron chi connectivity index (χ1n) is 9.56. The fourth-order valence-corrected chi connectivity index (χ4v) is 3.36. The normalized spacial score (nSPS) is 12.7. The third kappa shape index (κ3) is 3.82. The average molecular weight is 387 g/mol. The van der Waals surface area contributed by atoms with Crippen LogP contribution in [0.5, 0.6) is 5.75 Å². The third-order valence-electron chi connectivity index (χ3n) is 4.71. The highest BCUT2D eigenvalue weighted by atomic mass is 16.5. The van der Waals surface area contributed by atoms with Gasteiger partial charge in [0.2, 0.25) is 0 Å². The van der Waals surface area contributed by atoms with Gasteiger partial charge in [0.25, 0.3) is 11.8 Å². The van der Waals surface area contributed by atoms with E-state index in [9.17, 15) is 9.59 Å². The van der Waals surface area contributed by atoms with Crippen molar-refractivity contribution in [3.8, 4) is 5.75 Å². The molecule has 4 rings (SSSR count). The number of carbonyl (C=O) groups excluding carboxylic acids is 2. The minimum atomic E-state index is -0.359. The SMILES string of the molecule is CCCOc1ccc(/C=N/NC(=O)CN2C(=O)c3cccc4cccc2c34)cc1. The lowest BCUT2D eigenvalue weighted by Gasteiger charge is -2.16. The van der Waals surface area contributed by atoms with E-state index in [2.05, 4.69) is 17.5 Å². The van der Waals surface area contributed by atoms with Gasteiger partial charge in [-0.25, -0.2) is 5.43 Å². The van der Waals surface area contributed by atoms with Crippen LogP contribution in [0, 0.1) is 0 Å². The van der Waals surface area contributed by atoms with Crippen LogP contribution in [-0.2, 0) is 4.79 Å². The zero-order valence-corrected chi connectivity index (χ0v) is 16.1. The zero-order chi connectivity index (χ0) is 20.2. The Morgan fingerprint density at radius 1 is 1.10 bits per heavy atom. The highest BCUT2D eigenvalue weighted by Crippen LogP contribution is 2.36. The maximum absolute atomic E-state index is 12.7. The first kappa shape index (κ1) is 18.7. The van der Waals surface area contributed by atoms with Crippen molar-refractivity contribution in [2.75, 3.05) is 18.1 Å². The average Bonchev–Trinajstić information content (AvgIpc) is 3.01. The van der Waals surface area contributed by atoms with Crippen LogP contribution < -0.4 is 15.1 Å². The monoisotopic (exact) mass is 387 g/mol. The summed E-state index contributed by atoms with van der Waals surface area (Å²) in [6.45, 7) is 2.64. The molecule has 0 aromatic heterocycles. The van der Waals surface area contributed by atoms with Crippen molar-refractivity contribution in [3.63, 3.8) is 0 Å². The van der Waals surface area contributed by atoms with Gasteiger partial charge in [-0.3, -0.25) is 14.5 Å². The van der Waals surface area contributed by atoms with Crippen LogP contribution in [-0.4, -0.2) is 31.2 Å². The molecule has 0 unspecified atom stereocenters. The van der Waals surface area contributed by atoms with Gasteiger partial charge < -0.3 is 4.74 Å². The van der Waals surface area contributed by atoms with Crippen molar-refractivity contribution in [1.29, 1.82) is 0 Å². The van der Waals surface area contributed by atoms with Crippen molar-refractivity contribution in [3.05, 3.63) is 71.8 Å². The standard InChI is InChI=1S/C23H21N3O3/c1-2-13-29-18-11-9-16(10-12-18)14-24-25-21(27)15-26-20-8-4-6-17-5-3-7-19(22(17)20)23(26)28/h3-12,14H,2,13,15H2,1H3,(H,25,27)/b24-14+. The number of anilines is 1. The summed E-state index contributed by atoms with van der Waals surface area (Å²) in [6, 6.07) is 18.8. The quantitative estimate of drug-likeness (QED) is 0.496. The van der Waals surface area contributed by atoms with Crippen LogP contribution in [0.1, 0.15) is 29.3 Å². The molecule has 0 bridgehead atoms. The van der Waals surface area contributed by atoms with Crippen molar-refractivity contribution < 1.29 is 14.3 Å². The van der Waals surface area contributed by atoms with Gasteiger partial charge in [0.15, 0.2) is 0 Å². The Balaban J connectivity index is 1.39. The molecule has 0 aliphatic carbocycles. The maximum atomic E-state index is 12.7. The van der Waals surface area contributed by atoms with E-state index < -0.39 is 0 Å². The molecular formula is C23H21N3O3. The number of benzene rings is 3. The highest BCUT2D eigenvalue weighted by molar-refractivity contribution is 6.26. The third-order valence-corrected chi connectivity index (χ3v) is 4.71. The van der Waals surface area contributed by atoms with Crippen LogP contribution in [0.4, 0.5) is 5.69 Å². The predicted molar refractivity (Wildman–Crippen MR) is 114 cm³/mol. The Morgan fingerprint density at radius 2 is 1.86 bits per heavy atom. The minimum Gasteiger partial charge on any atom is -0.494 e. The second-order valence-corrected chi connectivity index (χ2v) is 6.78. The molecule has 0 radical (unpaired) electrons. The van der Waals surface area contributed by atoms with E-state index >= 15 is 0 Å². The first-order chi connectivity index (χ1) is 14.2. The number of ether oxygens (including phenoxy) is 1. The van der Waals surface area contributed by atoms with Crippen LogP contribution >= 0.6 is 0 Å². The van der Waals surface area contributed by atoms with Gasteiger partial charge in [-0.2, -0.15) is 5.10 Å². The maximum Gasteiger partial charge on any atom is 0.260 e. The first-order valence-corrected chi connectivity index (χ1v) is 9.56. The van der Waals surface area contributed by atoms with E-state index in [0.29, 0.717) is 12.2 Å². The Kier molecular flexibility index (Phi) is 5.24. The summed E-state index contributed by atoms with van der Waals surface area (Å²) in [5, 5.41) is 5.87. The van der Waals surface area contributed by atoms with E-state index in [4.69, 9.17) is 4.74 Å². The molecule has 0 spiro atoms. The van der Waals surface area contributed by atoms with Crippen molar-refractivity contribution in [2.24, 2.45) is 5.10 Å². The Hall–Kier alpha value is -3.67. The number of hydrogen-bond donors (Lipinski definition) is 1. The largest absolute Gasteiger partial charge is 0.494 e. The molecule has 1 aliphatic heterocycles. The molecular weight excluding hydrogens is 366 g/mol. The molecule has 1 N–H and O–H groups in total. The number of hydrazone groups is 1. The van der Waals surface area contributed by atoms with E-state index in [1.165, 1.54) is 4.90 Å². The smallest absolute Gasteiger partial charge is 0.260 e. The molecule has 3 aromatic carbocycles. The van der Waals surface area contributed by atoms with Gasteiger partial charge >= 0.3 is 0 Å². The van der Waals surface area contributed by atoms with Crippen molar-refractivity contribution in [1.82, 2.24) is 5.43 Å². The Labute approximate surface area is 168 Å². The van der Waals surface area contributed by atoms with Gasteiger partial charge in [0.1, 0.15) is 12.3 Å². The molecule has 2 amide bonds. The second-order valence-electron chi connectivity index (χ2n) is 6.78. The molecule has 1 heterocycles. The van der Waals surface area contributed by atoms with Gasteiger partial charge in [-0.1, -0.05) is 31.2 Å². The Bertz CT molecular complexity index is 1080. The molecule has 6 heteroatoms. The molecule has 3 aromatic rings. The molecule has 0 saturated carbocycles. The lowest BCUT2D eigenvalue weighted by Crippen LogP contribution is -2.37. The summed E-state index contributed by atoms with van der Waals surface area (Å²) in [5.74, 6) is 0.273. The zero-order valence-electron chi connectivity index (χ0n) is 16.1.